The van der Waals surface area contributed by atoms with E-state index in [1.165, 1.54) is 0 Å². The van der Waals surface area contributed by atoms with Gasteiger partial charge in [-0.15, -0.1) is 0 Å². The molecule has 1 unspecified atom stereocenters. The van der Waals surface area contributed by atoms with Crippen LogP contribution in [0.5, 0.6) is 5.75 Å². The van der Waals surface area contributed by atoms with Crippen molar-refractivity contribution in [3.05, 3.63) is 58.9 Å². The van der Waals surface area contributed by atoms with Crippen LogP contribution in [0.1, 0.15) is 17.2 Å². The molecule has 0 aliphatic rings. The third-order valence-electron chi connectivity index (χ3n) is 2.73. The van der Waals surface area contributed by atoms with Gasteiger partial charge in [-0.3, -0.25) is 4.98 Å². The van der Waals surface area contributed by atoms with Crippen LogP contribution in [0, 0.1) is 0 Å². The van der Waals surface area contributed by atoms with Crippen molar-refractivity contribution < 1.29 is 9.84 Å². The van der Waals surface area contributed by atoms with Crippen LogP contribution in [0.15, 0.2) is 42.7 Å². The zero-order valence-corrected chi connectivity index (χ0v) is 10.8. The summed E-state index contributed by atoms with van der Waals surface area (Å²) in [6.45, 7) is 0. The Morgan fingerprint density at radius 1 is 1.28 bits per heavy atom. The summed E-state index contributed by atoms with van der Waals surface area (Å²) >= 11 is 5.89. The maximum atomic E-state index is 10.2. The number of aliphatic hydroxyl groups is 1. The average molecular weight is 264 g/mol. The number of halogens is 1. The molecular formula is C14H14ClNO2. The Morgan fingerprint density at radius 2 is 2.00 bits per heavy atom. The monoisotopic (exact) mass is 263 g/mol. The second kappa shape index (κ2) is 5.85. The van der Waals surface area contributed by atoms with E-state index in [4.69, 9.17) is 16.3 Å². The standard InChI is InChI=1S/C14H14ClNO2/c1-18-14-9-11(15)2-3-12(14)13(17)8-10-4-6-16-7-5-10/h2-7,9,13,17H,8H2,1H3. The van der Waals surface area contributed by atoms with Crippen molar-refractivity contribution >= 4 is 11.6 Å². The molecule has 2 rings (SSSR count). The lowest BCUT2D eigenvalue weighted by Gasteiger charge is -2.15. The molecule has 3 nitrogen and oxygen atoms in total. The van der Waals surface area contributed by atoms with Crippen LogP contribution in [0.2, 0.25) is 5.02 Å². The van der Waals surface area contributed by atoms with E-state index >= 15 is 0 Å². The fourth-order valence-corrected chi connectivity index (χ4v) is 1.97. The summed E-state index contributed by atoms with van der Waals surface area (Å²) in [6, 6.07) is 8.99. The van der Waals surface area contributed by atoms with Gasteiger partial charge >= 0.3 is 0 Å². The van der Waals surface area contributed by atoms with Gasteiger partial charge in [0.2, 0.25) is 0 Å². The molecule has 0 radical (unpaired) electrons. The van der Waals surface area contributed by atoms with Gasteiger partial charge in [-0.1, -0.05) is 17.7 Å². The zero-order valence-electron chi connectivity index (χ0n) is 10.0. The molecule has 0 bridgehead atoms. The molecule has 0 saturated heterocycles. The summed E-state index contributed by atoms with van der Waals surface area (Å²) in [4.78, 5) is 3.95. The van der Waals surface area contributed by atoms with E-state index < -0.39 is 6.10 Å². The van der Waals surface area contributed by atoms with Crippen LogP contribution in [-0.2, 0) is 6.42 Å². The Labute approximate surface area is 111 Å². The Hall–Kier alpha value is -1.58. The smallest absolute Gasteiger partial charge is 0.126 e. The summed E-state index contributed by atoms with van der Waals surface area (Å²) in [6.07, 6.45) is 3.31. The van der Waals surface area contributed by atoms with Crippen LogP contribution in [0.4, 0.5) is 0 Å². The van der Waals surface area contributed by atoms with Gasteiger partial charge in [0, 0.05) is 29.4 Å². The number of ether oxygens (including phenoxy) is 1. The molecule has 0 aliphatic carbocycles. The molecule has 0 saturated carbocycles. The fourth-order valence-electron chi connectivity index (χ4n) is 1.81. The molecule has 1 atom stereocenters. The Balaban J connectivity index is 2.21. The summed E-state index contributed by atoms with van der Waals surface area (Å²) in [5, 5.41) is 10.8. The van der Waals surface area contributed by atoms with Crippen LogP contribution >= 0.6 is 11.6 Å². The van der Waals surface area contributed by atoms with Gasteiger partial charge in [-0.25, -0.2) is 0 Å². The second-order valence-electron chi connectivity index (χ2n) is 3.96. The second-order valence-corrected chi connectivity index (χ2v) is 4.40. The Bertz CT molecular complexity index is 516. The Morgan fingerprint density at radius 3 is 2.67 bits per heavy atom. The molecule has 0 fully saturated rings. The maximum absolute atomic E-state index is 10.2. The van der Waals surface area contributed by atoms with Crippen molar-refractivity contribution in [1.82, 2.24) is 4.98 Å². The predicted octanol–water partition coefficient (Wildman–Crippen LogP) is 3.02. The van der Waals surface area contributed by atoms with Crippen molar-refractivity contribution in [3.63, 3.8) is 0 Å². The number of hydrogen-bond donors (Lipinski definition) is 1. The molecule has 1 N–H and O–H groups in total. The molecule has 4 heteroatoms. The molecule has 1 aromatic heterocycles. The number of benzene rings is 1. The normalized spacial score (nSPS) is 12.2. The van der Waals surface area contributed by atoms with Crippen LogP contribution in [0.3, 0.4) is 0 Å². The fraction of sp³-hybridized carbons (Fsp3) is 0.214. The average Bonchev–Trinajstić information content (AvgIpc) is 2.39. The Kier molecular flexibility index (Phi) is 4.18. The van der Waals surface area contributed by atoms with E-state index in [2.05, 4.69) is 4.98 Å². The highest BCUT2D eigenvalue weighted by molar-refractivity contribution is 6.30. The van der Waals surface area contributed by atoms with Crippen molar-refractivity contribution in [2.45, 2.75) is 12.5 Å². The van der Waals surface area contributed by atoms with E-state index in [0.717, 1.165) is 11.1 Å². The van der Waals surface area contributed by atoms with Gasteiger partial charge in [-0.2, -0.15) is 0 Å². The third kappa shape index (κ3) is 3.00. The van der Waals surface area contributed by atoms with Gasteiger partial charge in [0.05, 0.1) is 13.2 Å². The minimum atomic E-state index is -0.625. The SMILES string of the molecule is COc1cc(Cl)ccc1C(O)Cc1ccncc1. The van der Waals surface area contributed by atoms with Crippen LogP contribution in [-0.4, -0.2) is 17.2 Å². The number of nitrogens with zero attached hydrogens (tertiary/aromatic N) is 1. The quantitative estimate of drug-likeness (QED) is 0.922. The molecule has 1 heterocycles. The van der Waals surface area contributed by atoms with E-state index in [1.807, 2.05) is 12.1 Å². The molecule has 18 heavy (non-hydrogen) atoms. The molecular weight excluding hydrogens is 250 g/mol. The maximum Gasteiger partial charge on any atom is 0.126 e. The van der Waals surface area contributed by atoms with Crippen molar-refractivity contribution in [3.8, 4) is 5.75 Å². The summed E-state index contributed by atoms with van der Waals surface area (Å²) in [5.74, 6) is 0.601. The van der Waals surface area contributed by atoms with Crippen molar-refractivity contribution in [1.29, 1.82) is 0 Å². The number of rotatable bonds is 4. The van der Waals surface area contributed by atoms with Gasteiger partial charge in [0.1, 0.15) is 5.75 Å². The highest BCUT2D eigenvalue weighted by atomic mass is 35.5. The summed E-state index contributed by atoms with van der Waals surface area (Å²) < 4.78 is 5.23. The first kappa shape index (κ1) is 12.9. The predicted molar refractivity (Wildman–Crippen MR) is 70.9 cm³/mol. The van der Waals surface area contributed by atoms with E-state index in [1.54, 1.807) is 37.7 Å². The molecule has 2 aromatic rings. The summed E-state index contributed by atoms with van der Waals surface area (Å²) in [5.41, 5.74) is 1.76. The lowest BCUT2D eigenvalue weighted by molar-refractivity contribution is 0.174. The van der Waals surface area contributed by atoms with E-state index in [0.29, 0.717) is 17.2 Å². The first-order chi connectivity index (χ1) is 8.70. The van der Waals surface area contributed by atoms with Gasteiger partial charge in [0.15, 0.2) is 0 Å². The van der Waals surface area contributed by atoms with Gasteiger partial charge in [0.25, 0.3) is 0 Å². The number of pyridine rings is 1. The first-order valence-electron chi connectivity index (χ1n) is 5.61. The van der Waals surface area contributed by atoms with Crippen molar-refractivity contribution in [2.24, 2.45) is 0 Å². The van der Waals surface area contributed by atoms with Gasteiger partial charge in [-0.05, 0) is 29.8 Å². The first-order valence-corrected chi connectivity index (χ1v) is 5.99. The minimum Gasteiger partial charge on any atom is -0.496 e. The highest BCUT2D eigenvalue weighted by Crippen LogP contribution is 2.30. The number of hydrogen-bond acceptors (Lipinski definition) is 3. The molecule has 0 aliphatic heterocycles. The topological polar surface area (TPSA) is 42.4 Å². The number of aliphatic hydroxyl groups excluding tert-OH is 1. The largest absolute Gasteiger partial charge is 0.496 e. The lowest BCUT2D eigenvalue weighted by atomic mass is 10.0. The number of methoxy groups -OCH3 is 1. The molecule has 1 aromatic carbocycles. The summed E-state index contributed by atoms with van der Waals surface area (Å²) in [7, 11) is 1.56. The number of aromatic nitrogens is 1. The van der Waals surface area contributed by atoms with Crippen LogP contribution in [0.25, 0.3) is 0 Å². The zero-order chi connectivity index (χ0) is 13.0. The van der Waals surface area contributed by atoms with Crippen LogP contribution < -0.4 is 4.74 Å². The molecule has 0 amide bonds. The lowest BCUT2D eigenvalue weighted by Crippen LogP contribution is -2.04. The van der Waals surface area contributed by atoms with Crippen molar-refractivity contribution in [2.75, 3.05) is 7.11 Å². The molecule has 94 valence electrons. The van der Waals surface area contributed by atoms with E-state index in [-0.39, 0.29) is 0 Å². The third-order valence-corrected chi connectivity index (χ3v) is 2.97. The van der Waals surface area contributed by atoms with E-state index in [9.17, 15) is 5.11 Å². The minimum absolute atomic E-state index is 0.514. The molecule has 0 spiro atoms. The van der Waals surface area contributed by atoms with Gasteiger partial charge < -0.3 is 9.84 Å². The highest BCUT2D eigenvalue weighted by Gasteiger charge is 2.14.